The highest BCUT2D eigenvalue weighted by molar-refractivity contribution is 5.94. The maximum Gasteiger partial charge on any atom is 0.349 e. The largest absolute Gasteiger partial charge is 0.507 e. The van der Waals surface area contributed by atoms with Crippen molar-refractivity contribution in [2.24, 2.45) is 0 Å². The summed E-state index contributed by atoms with van der Waals surface area (Å²) in [5.41, 5.74) is 4.33. The average molecular weight is 287 g/mol. The molecule has 0 saturated carbocycles. The number of pyridine rings is 1. The maximum absolute atomic E-state index is 11.8. The lowest BCUT2D eigenvalue weighted by Gasteiger charge is -2.11. The standard InChI is InChI=1S/C14H13N3O4/c1-8-7-11(18)12(14(20)21-8)9(2)16-17-13(19)10-3-5-15-6-4-10/h3-7,16,18H,2H2,1H3,(H,17,19). The molecule has 0 radical (unpaired) electrons. The third kappa shape index (κ3) is 3.27. The van der Waals surface area contributed by atoms with E-state index < -0.39 is 11.5 Å². The van der Waals surface area contributed by atoms with Crippen LogP contribution in [0.15, 0.2) is 46.4 Å². The van der Waals surface area contributed by atoms with Gasteiger partial charge >= 0.3 is 5.63 Å². The minimum absolute atomic E-state index is 0.0173. The van der Waals surface area contributed by atoms with Gasteiger partial charge in [-0.1, -0.05) is 6.58 Å². The van der Waals surface area contributed by atoms with Crippen molar-refractivity contribution >= 4 is 11.6 Å². The number of hydrogen-bond donors (Lipinski definition) is 3. The van der Waals surface area contributed by atoms with Crippen molar-refractivity contribution < 1.29 is 14.3 Å². The van der Waals surface area contributed by atoms with Gasteiger partial charge in [-0.25, -0.2) is 4.79 Å². The fourth-order valence-corrected chi connectivity index (χ4v) is 1.64. The Balaban J connectivity index is 2.10. The van der Waals surface area contributed by atoms with Gasteiger partial charge in [0.1, 0.15) is 17.1 Å². The topological polar surface area (TPSA) is 104 Å². The zero-order valence-electron chi connectivity index (χ0n) is 11.2. The molecule has 7 nitrogen and oxygen atoms in total. The molecule has 0 aliphatic heterocycles. The van der Waals surface area contributed by atoms with Gasteiger partial charge < -0.3 is 9.52 Å². The van der Waals surface area contributed by atoms with Crippen molar-refractivity contribution in [1.82, 2.24) is 15.8 Å². The summed E-state index contributed by atoms with van der Waals surface area (Å²) in [6, 6.07) is 4.34. The van der Waals surface area contributed by atoms with E-state index in [1.54, 1.807) is 0 Å². The van der Waals surface area contributed by atoms with Crippen LogP contribution in [0.4, 0.5) is 0 Å². The number of aryl methyl sites for hydroxylation is 1. The number of amides is 1. The number of nitrogens with zero attached hydrogens (tertiary/aromatic N) is 1. The van der Waals surface area contributed by atoms with Crippen LogP contribution in [0.3, 0.4) is 0 Å². The number of hydrogen-bond acceptors (Lipinski definition) is 6. The summed E-state index contributed by atoms with van der Waals surface area (Å²) in [6.07, 6.45) is 2.95. The number of aromatic nitrogens is 1. The summed E-state index contributed by atoms with van der Waals surface area (Å²) in [6.45, 7) is 5.12. The minimum Gasteiger partial charge on any atom is -0.507 e. The van der Waals surface area contributed by atoms with Crippen LogP contribution in [-0.4, -0.2) is 16.0 Å². The van der Waals surface area contributed by atoms with Gasteiger partial charge in [-0.3, -0.25) is 20.6 Å². The third-order valence-corrected chi connectivity index (χ3v) is 2.63. The Hall–Kier alpha value is -3.09. The number of carbonyl (C=O) groups excluding carboxylic acids is 1. The lowest BCUT2D eigenvalue weighted by atomic mass is 10.2. The number of aromatic hydroxyl groups is 1. The summed E-state index contributed by atoms with van der Waals surface area (Å²) in [5, 5.41) is 9.74. The first kappa shape index (κ1) is 14.3. The summed E-state index contributed by atoms with van der Waals surface area (Å²) >= 11 is 0. The lowest BCUT2D eigenvalue weighted by molar-refractivity contribution is 0.0942. The van der Waals surface area contributed by atoms with E-state index in [4.69, 9.17) is 4.42 Å². The second kappa shape index (κ2) is 5.91. The quantitative estimate of drug-likeness (QED) is 0.723. The van der Waals surface area contributed by atoms with Crippen molar-refractivity contribution in [1.29, 1.82) is 0 Å². The van der Waals surface area contributed by atoms with Gasteiger partial charge in [-0.05, 0) is 19.1 Å². The van der Waals surface area contributed by atoms with Crippen LogP contribution >= 0.6 is 0 Å². The van der Waals surface area contributed by atoms with Gasteiger partial charge in [0.2, 0.25) is 0 Å². The normalized spacial score (nSPS) is 9.95. The third-order valence-electron chi connectivity index (χ3n) is 2.63. The maximum atomic E-state index is 11.8. The van der Waals surface area contributed by atoms with E-state index >= 15 is 0 Å². The molecule has 7 heteroatoms. The molecule has 0 atom stereocenters. The molecule has 108 valence electrons. The smallest absolute Gasteiger partial charge is 0.349 e. The molecule has 0 aliphatic rings. The summed E-state index contributed by atoms with van der Waals surface area (Å²) in [4.78, 5) is 27.3. The molecule has 21 heavy (non-hydrogen) atoms. The van der Waals surface area contributed by atoms with Crippen LogP contribution in [0.5, 0.6) is 5.75 Å². The molecule has 0 bridgehead atoms. The number of rotatable bonds is 4. The minimum atomic E-state index is -0.747. The molecule has 1 amide bonds. The average Bonchev–Trinajstić information content (AvgIpc) is 2.44. The van der Waals surface area contributed by atoms with Gasteiger partial charge in [-0.15, -0.1) is 0 Å². The highest BCUT2D eigenvalue weighted by Crippen LogP contribution is 2.19. The molecule has 0 unspecified atom stereocenters. The van der Waals surface area contributed by atoms with E-state index in [9.17, 15) is 14.7 Å². The van der Waals surface area contributed by atoms with E-state index in [0.29, 0.717) is 5.56 Å². The SMILES string of the molecule is C=C(NNC(=O)c1ccncc1)c1c(O)cc(C)oc1=O. The first-order valence-electron chi connectivity index (χ1n) is 5.98. The Morgan fingerprint density at radius 1 is 1.33 bits per heavy atom. The first-order valence-corrected chi connectivity index (χ1v) is 5.98. The number of hydrazine groups is 1. The lowest BCUT2D eigenvalue weighted by Crippen LogP contribution is -2.36. The van der Waals surface area contributed by atoms with Gasteiger partial charge in [0.15, 0.2) is 0 Å². The second-order valence-electron chi connectivity index (χ2n) is 4.20. The van der Waals surface area contributed by atoms with Crippen LogP contribution in [0.2, 0.25) is 0 Å². The molecule has 0 aromatic carbocycles. The molecule has 3 N–H and O–H groups in total. The number of carbonyl (C=O) groups is 1. The highest BCUT2D eigenvalue weighted by atomic mass is 16.4. The molecule has 2 heterocycles. The predicted molar refractivity (Wildman–Crippen MR) is 75.3 cm³/mol. The summed E-state index contributed by atoms with van der Waals surface area (Å²) < 4.78 is 4.86. The first-order chi connectivity index (χ1) is 9.99. The molecular weight excluding hydrogens is 274 g/mol. The molecule has 0 aliphatic carbocycles. The van der Waals surface area contributed by atoms with Crippen LogP contribution in [-0.2, 0) is 0 Å². The summed E-state index contributed by atoms with van der Waals surface area (Å²) in [7, 11) is 0. The van der Waals surface area contributed by atoms with Crippen LogP contribution < -0.4 is 16.5 Å². The number of nitrogens with one attached hydrogen (secondary N) is 2. The van der Waals surface area contributed by atoms with E-state index in [0.717, 1.165) is 0 Å². The Morgan fingerprint density at radius 2 is 2.00 bits per heavy atom. The monoisotopic (exact) mass is 287 g/mol. The molecular formula is C14H13N3O4. The van der Waals surface area contributed by atoms with E-state index in [-0.39, 0.29) is 22.8 Å². The fourth-order valence-electron chi connectivity index (χ4n) is 1.64. The van der Waals surface area contributed by atoms with E-state index in [1.165, 1.54) is 37.5 Å². The van der Waals surface area contributed by atoms with Crippen LogP contribution in [0.1, 0.15) is 21.7 Å². The van der Waals surface area contributed by atoms with Crippen molar-refractivity contribution in [3.63, 3.8) is 0 Å². The highest BCUT2D eigenvalue weighted by Gasteiger charge is 2.14. The van der Waals surface area contributed by atoms with Crippen molar-refractivity contribution in [2.75, 3.05) is 0 Å². The molecule has 0 fully saturated rings. The van der Waals surface area contributed by atoms with E-state index in [2.05, 4.69) is 22.4 Å². The van der Waals surface area contributed by atoms with E-state index in [1.807, 2.05) is 0 Å². The van der Waals surface area contributed by atoms with Crippen molar-refractivity contribution in [3.05, 3.63) is 64.5 Å². The molecule has 2 rings (SSSR count). The van der Waals surface area contributed by atoms with Gasteiger partial charge in [0.05, 0.1) is 5.70 Å². The predicted octanol–water partition coefficient (Wildman–Crippen LogP) is 0.954. The van der Waals surface area contributed by atoms with Crippen molar-refractivity contribution in [2.45, 2.75) is 6.92 Å². The zero-order chi connectivity index (χ0) is 15.4. The Bertz CT molecular complexity index is 738. The summed E-state index contributed by atoms with van der Waals surface area (Å²) in [5.74, 6) is -0.441. The van der Waals surface area contributed by atoms with Gasteiger partial charge in [0, 0.05) is 24.0 Å². The Kier molecular flexibility index (Phi) is 4.03. The zero-order valence-corrected chi connectivity index (χ0v) is 11.2. The Labute approximate surface area is 119 Å². The van der Waals surface area contributed by atoms with Crippen molar-refractivity contribution in [3.8, 4) is 5.75 Å². The van der Waals surface area contributed by atoms with Crippen LogP contribution in [0, 0.1) is 6.92 Å². The Morgan fingerprint density at radius 3 is 2.62 bits per heavy atom. The molecule has 0 spiro atoms. The molecule has 2 aromatic heterocycles. The van der Waals surface area contributed by atoms with Crippen LogP contribution in [0.25, 0.3) is 5.70 Å². The molecule has 2 aromatic rings. The van der Waals surface area contributed by atoms with Gasteiger partial charge in [-0.2, -0.15) is 0 Å². The molecule has 0 saturated heterocycles. The van der Waals surface area contributed by atoms with Gasteiger partial charge in [0.25, 0.3) is 5.91 Å². The fraction of sp³-hybridized carbons (Fsp3) is 0.0714. The second-order valence-corrected chi connectivity index (χ2v) is 4.20.